The van der Waals surface area contributed by atoms with Crippen LogP contribution in [-0.4, -0.2) is 15.3 Å². The van der Waals surface area contributed by atoms with E-state index in [2.05, 4.69) is 16.5 Å². The fraction of sp³-hybridized carbons (Fsp3) is 0.385. The standard InChI is InChI=1S/C13H15ClN2O/c1-4-5-16-7-10(9(3)17)12-13(16)8(2)6-11(14)15-12/h6-7H,4-5H2,1-3H3. The number of ketones is 1. The summed E-state index contributed by atoms with van der Waals surface area (Å²) in [5.74, 6) is 0.0269. The number of halogens is 1. The number of nitrogens with zero attached hydrogens (tertiary/aromatic N) is 2. The zero-order chi connectivity index (χ0) is 12.6. The smallest absolute Gasteiger partial charge is 0.163 e. The summed E-state index contributed by atoms with van der Waals surface area (Å²) in [6.45, 7) is 6.54. The summed E-state index contributed by atoms with van der Waals surface area (Å²) < 4.78 is 2.09. The fourth-order valence-corrected chi connectivity index (χ4v) is 2.38. The molecule has 2 heterocycles. The largest absolute Gasteiger partial charge is 0.345 e. The van der Waals surface area contributed by atoms with Crippen LogP contribution in [0.25, 0.3) is 11.0 Å². The normalized spacial score (nSPS) is 11.1. The van der Waals surface area contributed by atoms with Crippen molar-refractivity contribution in [2.75, 3.05) is 0 Å². The lowest BCUT2D eigenvalue weighted by molar-refractivity contribution is 0.101. The van der Waals surface area contributed by atoms with Crippen molar-refractivity contribution in [2.24, 2.45) is 0 Å². The lowest BCUT2D eigenvalue weighted by Crippen LogP contribution is -1.96. The fourth-order valence-electron chi connectivity index (χ4n) is 2.13. The zero-order valence-corrected chi connectivity index (χ0v) is 11.0. The minimum absolute atomic E-state index is 0.0269. The van der Waals surface area contributed by atoms with Crippen LogP contribution < -0.4 is 0 Å². The van der Waals surface area contributed by atoms with E-state index in [4.69, 9.17) is 11.6 Å². The molecule has 0 N–H and O–H groups in total. The van der Waals surface area contributed by atoms with Crippen LogP contribution in [0.2, 0.25) is 5.15 Å². The molecule has 0 atom stereocenters. The van der Waals surface area contributed by atoms with E-state index in [0.717, 1.165) is 29.6 Å². The summed E-state index contributed by atoms with van der Waals surface area (Å²) in [5.41, 5.74) is 3.44. The minimum Gasteiger partial charge on any atom is -0.345 e. The average Bonchev–Trinajstić information content (AvgIpc) is 2.57. The number of hydrogen-bond donors (Lipinski definition) is 0. The highest BCUT2D eigenvalue weighted by molar-refractivity contribution is 6.30. The number of Topliss-reactive ketones (excluding diaryl/α,β-unsaturated/α-hetero) is 1. The Labute approximate surface area is 105 Å². The van der Waals surface area contributed by atoms with E-state index < -0.39 is 0 Å². The van der Waals surface area contributed by atoms with Crippen LogP contribution in [0.3, 0.4) is 0 Å². The lowest BCUT2D eigenvalue weighted by atomic mass is 10.2. The third-order valence-electron chi connectivity index (χ3n) is 2.82. The molecule has 17 heavy (non-hydrogen) atoms. The number of rotatable bonds is 3. The van der Waals surface area contributed by atoms with Gasteiger partial charge in [0.2, 0.25) is 0 Å². The first-order valence-electron chi connectivity index (χ1n) is 5.71. The third kappa shape index (κ3) is 2.07. The number of aromatic nitrogens is 2. The predicted octanol–water partition coefficient (Wildman–Crippen LogP) is 3.61. The number of aryl methyl sites for hydroxylation is 2. The second-order valence-electron chi connectivity index (χ2n) is 4.25. The van der Waals surface area contributed by atoms with Crippen molar-refractivity contribution in [3.05, 3.63) is 28.5 Å². The minimum atomic E-state index is 0.0269. The summed E-state index contributed by atoms with van der Waals surface area (Å²) in [6, 6.07) is 1.83. The number of fused-ring (bicyclic) bond motifs is 1. The molecule has 3 nitrogen and oxygen atoms in total. The van der Waals surface area contributed by atoms with Gasteiger partial charge in [-0.1, -0.05) is 18.5 Å². The van der Waals surface area contributed by atoms with Gasteiger partial charge in [0.25, 0.3) is 0 Å². The Morgan fingerprint density at radius 3 is 2.82 bits per heavy atom. The highest BCUT2D eigenvalue weighted by Gasteiger charge is 2.15. The Morgan fingerprint density at radius 1 is 1.53 bits per heavy atom. The number of carbonyl (C=O) groups is 1. The van der Waals surface area contributed by atoms with Crippen molar-refractivity contribution < 1.29 is 4.79 Å². The van der Waals surface area contributed by atoms with Crippen LogP contribution >= 0.6 is 11.6 Å². The van der Waals surface area contributed by atoms with E-state index in [-0.39, 0.29) is 5.78 Å². The maximum atomic E-state index is 11.6. The molecule has 0 fully saturated rings. The molecule has 4 heteroatoms. The van der Waals surface area contributed by atoms with Crippen molar-refractivity contribution >= 4 is 28.4 Å². The van der Waals surface area contributed by atoms with E-state index in [0.29, 0.717) is 10.7 Å². The topological polar surface area (TPSA) is 34.9 Å². The molecule has 2 aromatic rings. The molecule has 0 saturated carbocycles. The highest BCUT2D eigenvalue weighted by atomic mass is 35.5. The summed E-state index contributed by atoms with van der Waals surface area (Å²) >= 11 is 5.96. The molecular weight excluding hydrogens is 236 g/mol. The van der Waals surface area contributed by atoms with Crippen molar-refractivity contribution in [2.45, 2.75) is 33.7 Å². The summed E-state index contributed by atoms with van der Waals surface area (Å²) in [7, 11) is 0. The monoisotopic (exact) mass is 250 g/mol. The van der Waals surface area contributed by atoms with Gasteiger partial charge in [-0.2, -0.15) is 0 Å². The molecule has 0 aliphatic heterocycles. The second kappa shape index (κ2) is 4.49. The molecular formula is C13H15ClN2O. The van der Waals surface area contributed by atoms with Gasteiger partial charge in [0, 0.05) is 12.7 Å². The zero-order valence-electron chi connectivity index (χ0n) is 10.2. The van der Waals surface area contributed by atoms with Crippen LogP contribution in [0.1, 0.15) is 36.2 Å². The molecule has 0 unspecified atom stereocenters. The molecule has 0 spiro atoms. The molecule has 2 aromatic heterocycles. The maximum absolute atomic E-state index is 11.6. The van der Waals surface area contributed by atoms with Crippen LogP contribution in [-0.2, 0) is 6.54 Å². The Kier molecular flexibility index (Phi) is 3.20. The first-order valence-corrected chi connectivity index (χ1v) is 6.09. The molecule has 0 aromatic carbocycles. The van der Waals surface area contributed by atoms with Crippen molar-refractivity contribution in [3.63, 3.8) is 0 Å². The van der Waals surface area contributed by atoms with E-state index in [9.17, 15) is 4.79 Å². The van der Waals surface area contributed by atoms with Crippen molar-refractivity contribution in [1.82, 2.24) is 9.55 Å². The molecule has 0 radical (unpaired) electrons. The lowest BCUT2D eigenvalue weighted by Gasteiger charge is -2.05. The van der Waals surface area contributed by atoms with Gasteiger partial charge in [0.05, 0.1) is 11.1 Å². The van der Waals surface area contributed by atoms with Crippen LogP contribution in [0.15, 0.2) is 12.3 Å². The number of hydrogen-bond acceptors (Lipinski definition) is 2. The van der Waals surface area contributed by atoms with Crippen molar-refractivity contribution in [1.29, 1.82) is 0 Å². The molecule has 0 amide bonds. The second-order valence-corrected chi connectivity index (χ2v) is 4.64. The van der Waals surface area contributed by atoms with Crippen molar-refractivity contribution in [3.8, 4) is 0 Å². The predicted molar refractivity (Wildman–Crippen MR) is 69.8 cm³/mol. The van der Waals surface area contributed by atoms with E-state index in [1.165, 1.54) is 0 Å². The number of pyridine rings is 1. The van der Waals surface area contributed by atoms with Crippen LogP contribution in [0.5, 0.6) is 0 Å². The Bertz CT molecular complexity index is 587. The third-order valence-corrected chi connectivity index (χ3v) is 3.02. The highest BCUT2D eigenvalue weighted by Crippen LogP contribution is 2.26. The van der Waals surface area contributed by atoms with Gasteiger partial charge in [-0.3, -0.25) is 4.79 Å². The molecule has 2 rings (SSSR count). The number of carbonyl (C=O) groups excluding carboxylic acids is 1. The summed E-state index contributed by atoms with van der Waals surface area (Å²) in [5, 5.41) is 0.437. The molecule has 90 valence electrons. The Balaban J connectivity index is 2.81. The first kappa shape index (κ1) is 12.1. The first-order chi connectivity index (χ1) is 8.04. The molecule has 0 saturated heterocycles. The van der Waals surface area contributed by atoms with Crippen LogP contribution in [0.4, 0.5) is 0 Å². The van der Waals surface area contributed by atoms with Gasteiger partial charge >= 0.3 is 0 Å². The molecule has 0 aliphatic rings. The summed E-state index contributed by atoms with van der Waals surface area (Å²) in [4.78, 5) is 15.9. The SMILES string of the molecule is CCCn1cc(C(C)=O)c2nc(Cl)cc(C)c21. The quantitative estimate of drug-likeness (QED) is 0.616. The van der Waals surface area contributed by atoms with Gasteiger partial charge in [-0.05, 0) is 31.9 Å². The van der Waals surface area contributed by atoms with Gasteiger partial charge in [0.1, 0.15) is 10.7 Å². The molecule has 0 bridgehead atoms. The van der Waals surface area contributed by atoms with Crippen LogP contribution in [0, 0.1) is 6.92 Å². The van der Waals surface area contributed by atoms with Gasteiger partial charge in [0.15, 0.2) is 5.78 Å². The maximum Gasteiger partial charge on any atom is 0.163 e. The molecule has 0 aliphatic carbocycles. The average molecular weight is 251 g/mol. The van der Waals surface area contributed by atoms with E-state index >= 15 is 0 Å². The summed E-state index contributed by atoms with van der Waals surface area (Å²) in [6.07, 6.45) is 2.90. The van der Waals surface area contributed by atoms with Gasteiger partial charge in [-0.25, -0.2) is 4.98 Å². The Hall–Kier alpha value is -1.35. The van der Waals surface area contributed by atoms with Gasteiger partial charge < -0.3 is 4.57 Å². The van der Waals surface area contributed by atoms with E-state index in [1.54, 1.807) is 6.92 Å². The Morgan fingerprint density at radius 2 is 2.24 bits per heavy atom. The van der Waals surface area contributed by atoms with Gasteiger partial charge in [-0.15, -0.1) is 0 Å². The van der Waals surface area contributed by atoms with E-state index in [1.807, 2.05) is 19.2 Å².